The molecule has 1 aromatic carbocycles. The minimum Gasteiger partial charge on any atom is -0.462 e. The maximum Gasteiger partial charge on any atom is 0.310 e. The van der Waals surface area contributed by atoms with Crippen LogP contribution in [0.15, 0.2) is 18.2 Å². The molecule has 0 spiro atoms. The summed E-state index contributed by atoms with van der Waals surface area (Å²) < 4.78 is 10.5. The standard InChI is InChI=1S/C18H18ClNO5/c1-8-2-3-10(6-12(8)19)20-14(21)7-24-17(22)15-9-4-11-13(5-9)25-18(23)16(11)15/h2-3,6,9,11,13,15-16H,4-5,7H2,1H3,(H,20,21)/t9-,11-,13+,15-,16-/m0/s1. The minimum atomic E-state index is -0.480. The van der Waals surface area contributed by atoms with Crippen molar-refractivity contribution in [3.63, 3.8) is 0 Å². The largest absolute Gasteiger partial charge is 0.462 e. The van der Waals surface area contributed by atoms with Crippen LogP contribution in [0.1, 0.15) is 18.4 Å². The molecule has 132 valence electrons. The smallest absolute Gasteiger partial charge is 0.310 e. The molecule has 0 aromatic heterocycles. The Bertz CT molecular complexity index is 762. The van der Waals surface area contributed by atoms with Crippen LogP contribution in [0.4, 0.5) is 5.69 Å². The van der Waals surface area contributed by atoms with E-state index in [0.29, 0.717) is 10.7 Å². The number of carbonyl (C=O) groups excluding carboxylic acids is 3. The third kappa shape index (κ3) is 2.78. The van der Waals surface area contributed by atoms with Crippen molar-refractivity contribution in [1.82, 2.24) is 0 Å². The fraction of sp³-hybridized carbons (Fsp3) is 0.500. The van der Waals surface area contributed by atoms with E-state index in [9.17, 15) is 14.4 Å². The second-order valence-corrected chi connectivity index (χ2v) is 7.45. The van der Waals surface area contributed by atoms with E-state index in [1.165, 1.54) is 0 Å². The molecule has 6 nitrogen and oxygen atoms in total. The summed E-state index contributed by atoms with van der Waals surface area (Å²) in [6.45, 7) is 1.48. The van der Waals surface area contributed by atoms with Gasteiger partial charge in [-0.2, -0.15) is 0 Å². The summed E-state index contributed by atoms with van der Waals surface area (Å²) in [5, 5.41) is 3.19. The zero-order chi connectivity index (χ0) is 17.7. The first-order valence-corrected chi connectivity index (χ1v) is 8.75. The molecule has 1 aliphatic heterocycles. The Kier molecular flexibility index (Phi) is 3.95. The van der Waals surface area contributed by atoms with Gasteiger partial charge >= 0.3 is 11.9 Å². The van der Waals surface area contributed by atoms with Crippen LogP contribution in [0, 0.1) is 30.6 Å². The molecule has 2 saturated carbocycles. The van der Waals surface area contributed by atoms with Crippen molar-refractivity contribution in [3.05, 3.63) is 28.8 Å². The number of esters is 2. The average molecular weight is 364 g/mol. The molecule has 3 fully saturated rings. The number of hydrogen-bond acceptors (Lipinski definition) is 5. The van der Waals surface area contributed by atoms with Gasteiger partial charge in [-0.05, 0) is 43.4 Å². The van der Waals surface area contributed by atoms with Crippen LogP contribution < -0.4 is 5.32 Å². The third-order valence-corrected chi connectivity index (χ3v) is 5.96. The Hall–Kier alpha value is -2.08. The summed E-state index contributed by atoms with van der Waals surface area (Å²) in [7, 11) is 0. The van der Waals surface area contributed by atoms with Gasteiger partial charge in [0.2, 0.25) is 0 Å². The Labute approximate surface area is 149 Å². The van der Waals surface area contributed by atoms with E-state index in [2.05, 4.69) is 5.32 Å². The SMILES string of the molecule is Cc1ccc(NC(=O)COC(=O)[C@H]2[C@H]3C[C@@H]4[C@@H]2C(=O)O[C@@H]4C3)cc1Cl. The fourth-order valence-corrected chi connectivity index (χ4v) is 4.61. The molecule has 2 aliphatic carbocycles. The molecule has 0 unspecified atom stereocenters. The van der Waals surface area contributed by atoms with Crippen molar-refractivity contribution in [3.8, 4) is 0 Å². The van der Waals surface area contributed by atoms with Crippen molar-refractivity contribution in [1.29, 1.82) is 0 Å². The topological polar surface area (TPSA) is 81.7 Å². The molecule has 4 rings (SSSR count). The van der Waals surface area contributed by atoms with Crippen molar-refractivity contribution in [2.24, 2.45) is 23.7 Å². The molecule has 1 N–H and O–H groups in total. The molecule has 5 atom stereocenters. The second-order valence-electron chi connectivity index (χ2n) is 7.04. The molecule has 1 aromatic rings. The lowest BCUT2D eigenvalue weighted by Gasteiger charge is -2.22. The quantitative estimate of drug-likeness (QED) is 0.830. The number of amides is 1. The van der Waals surface area contributed by atoms with Gasteiger partial charge in [-0.15, -0.1) is 0 Å². The van der Waals surface area contributed by atoms with Crippen molar-refractivity contribution in [2.75, 3.05) is 11.9 Å². The molecule has 7 heteroatoms. The molecule has 1 amide bonds. The number of aryl methyl sites for hydroxylation is 1. The van der Waals surface area contributed by atoms with E-state index < -0.39 is 23.7 Å². The maximum absolute atomic E-state index is 12.4. The van der Waals surface area contributed by atoms with E-state index in [0.717, 1.165) is 18.4 Å². The predicted molar refractivity (Wildman–Crippen MR) is 88.9 cm³/mol. The Morgan fingerprint density at radius 3 is 2.92 bits per heavy atom. The van der Waals surface area contributed by atoms with E-state index in [1.807, 2.05) is 6.92 Å². The monoisotopic (exact) mass is 363 g/mol. The highest BCUT2D eigenvalue weighted by Gasteiger charge is 2.64. The maximum atomic E-state index is 12.4. The Morgan fingerprint density at radius 2 is 2.16 bits per heavy atom. The summed E-state index contributed by atoms with van der Waals surface area (Å²) in [5.41, 5.74) is 1.45. The van der Waals surface area contributed by atoms with Crippen molar-refractivity contribution < 1.29 is 23.9 Å². The number of anilines is 1. The van der Waals surface area contributed by atoms with E-state index >= 15 is 0 Å². The molecule has 1 heterocycles. The summed E-state index contributed by atoms with van der Waals surface area (Å²) in [4.78, 5) is 36.3. The fourth-order valence-electron chi connectivity index (χ4n) is 4.43. The first-order chi connectivity index (χ1) is 11.9. The second kappa shape index (κ2) is 6.02. The number of hydrogen-bond donors (Lipinski definition) is 1. The normalized spacial score (nSPS) is 31.8. The van der Waals surface area contributed by atoms with Crippen LogP contribution in [0.2, 0.25) is 5.02 Å². The van der Waals surface area contributed by atoms with Gasteiger partial charge in [0, 0.05) is 16.6 Å². The molecule has 0 radical (unpaired) electrons. The lowest BCUT2D eigenvalue weighted by atomic mass is 9.80. The van der Waals surface area contributed by atoms with Crippen LogP contribution in [-0.2, 0) is 23.9 Å². The number of fused-ring (bicyclic) bond motifs is 1. The van der Waals surface area contributed by atoms with Crippen LogP contribution >= 0.6 is 11.6 Å². The van der Waals surface area contributed by atoms with Gasteiger partial charge in [0.25, 0.3) is 5.91 Å². The zero-order valence-corrected chi connectivity index (χ0v) is 14.4. The number of nitrogens with one attached hydrogen (secondary N) is 1. The van der Waals surface area contributed by atoms with Gasteiger partial charge in [0.15, 0.2) is 6.61 Å². The van der Waals surface area contributed by atoms with Gasteiger partial charge in [0.1, 0.15) is 6.10 Å². The van der Waals surface area contributed by atoms with Gasteiger partial charge < -0.3 is 14.8 Å². The highest BCUT2D eigenvalue weighted by molar-refractivity contribution is 6.31. The predicted octanol–water partition coefficient (Wildman–Crippen LogP) is 2.33. The van der Waals surface area contributed by atoms with Gasteiger partial charge in [-0.3, -0.25) is 14.4 Å². The van der Waals surface area contributed by atoms with Crippen LogP contribution in [0.3, 0.4) is 0 Å². The minimum absolute atomic E-state index is 0.0267. The van der Waals surface area contributed by atoms with Crippen LogP contribution in [0.25, 0.3) is 0 Å². The molecular weight excluding hydrogens is 346 g/mol. The lowest BCUT2D eigenvalue weighted by molar-refractivity contribution is -0.157. The molecule has 2 bridgehead atoms. The Balaban J connectivity index is 1.34. The number of rotatable bonds is 4. The lowest BCUT2D eigenvalue weighted by Crippen LogP contribution is -2.34. The molecule has 3 aliphatic rings. The number of halogens is 1. The average Bonchev–Trinajstić information content (AvgIpc) is 3.18. The van der Waals surface area contributed by atoms with Gasteiger partial charge in [0.05, 0.1) is 11.8 Å². The van der Waals surface area contributed by atoms with Crippen molar-refractivity contribution in [2.45, 2.75) is 25.9 Å². The molecule has 1 saturated heterocycles. The molecular formula is C18H18ClNO5. The molecule has 25 heavy (non-hydrogen) atoms. The van der Waals surface area contributed by atoms with Gasteiger partial charge in [-0.1, -0.05) is 17.7 Å². The zero-order valence-electron chi connectivity index (χ0n) is 13.7. The first kappa shape index (κ1) is 16.4. The van der Waals surface area contributed by atoms with Crippen LogP contribution in [-0.4, -0.2) is 30.6 Å². The van der Waals surface area contributed by atoms with E-state index in [4.69, 9.17) is 21.1 Å². The van der Waals surface area contributed by atoms with Gasteiger partial charge in [-0.25, -0.2) is 0 Å². The number of carbonyl (C=O) groups is 3. The van der Waals surface area contributed by atoms with E-state index in [1.54, 1.807) is 18.2 Å². The summed E-state index contributed by atoms with van der Waals surface area (Å²) in [6.07, 6.45) is 1.52. The highest BCUT2D eigenvalue weighted by atomic mass is 35.5. The summed E-state index contributed by atoms with van der Waals surface area (Å²) in [6, 6.07) is 5.16. The number of benzene rings is 1. The summed E-state index contributed by atoms with van der Waals surface area (Å²) in [5.74, 6) is -1.82. The first-order valence-electron chi connectivity index (χ1n) is 8.37. The third-order valence-electron chi connectivity index (χ3n) is 5.56. The Morgan fingerprint density at radius 1 is 1.36 bits per heavy atom. The van der Waals surface area contributed by atoms with E-state index in [-0.39, 0.29) is 30.5 Å². The summed E-state index contributed by atoms with van der Waals surface area (Å²) >= 11 is 6.02. The highest BCUT2D eigenvalue weighted by Crippen LogP contribution is 2.57. The number of ether oxygens (including phenoxy) is 2. The van der Waals surface area contributed by atoms with Crippen LogP contribution in [0.5, 0.6) is 0 Å². The van der Waals surface area contributed by atoms with Crippen molar-refractivity contribution >= 4 is 35.1 Å².